The topological polar surface area (TPSA) is 97.1 Å². The van der Waals surface area contributed by atoms with E-state index in [2.05, 4.69) is 19.2 Å². The SMILES string of the molecule is [B]C(=O)NC(=N)c1ccccc1-c1ccc(Cc2c(CCC)nc(C)n(-c3ccc4c(c3)CCC(C)(C)O4)c2=O)c(F)c1. The Labute approximate surface area is 252 Å². The van der Waals surface area contributed by atoms with Gasteiger partial charge < -0.3 is 10.1 Å². The molecule has 0 atom stereocenters. The molecule has 2 N–H and O–H groups in total. The van der Waals surface area contributed by atoms with Crippen molar-refractivity contribution in [3.63, 3.8) is 0 Å². The molecule has 9 heteroatoms. The Morgan fingerprint density at radius 2 is 1.93 bits per heavy atom. The van der Waals surface area contributed by atoms with Gasteiger partial charge in [-0.2, -0.15) is 0 Å². The van der Waals surface area contributed by atoms with Gasteiger partial charge in [0.25, 0.3) is 5.56 Å². The first-order chi connectivity index (χ1) is 20.5. The second kappa shape index (κ2) is 12.0. The Kier molecular flexibility index (Phi) is 8.35. The minimum atomic E-state index is -0.853. The number of carbonyl (C=O) groups is 1. The summed E-state index contributed by atoms with van der Waals surface area (Å²) in [6.45, 7) is 7.98. The Balaban J connectivity index is 1.53. The summed E-state index contributed by atoms with van der Waals surface area (Å²) in [7, 11) is 5.19. The molecular formula is C34H34BFN4O3. The molecule has 5 rings (SSSR count). The van der Waals surface area contributed by atoms with Crippen molar-refractivity contribution in [2.75, 3.05) is 0 Å². The molecule has 0 bridgehead atoms. The van der Waals surface area contributed by atoms with Gasteiger partial charge in [0.2, 0.25) is 7.85 Å². The van der Waals surface area contributed by atoms with Crippen LogP contribution in [0.25, 0.3) is 16.8 Å². The number of hydrogen-bond acceptors (Lipinski definition) is 5. The van der Waals surface area contributed by atoms with E-state index in [1.807, 2.05) is 32.0 Å². The highest BCUT2D eigenvalue weighted by Gasteiger charge is 2.27. The van der Waals surface area contributed by atoms with Crippen LogP contribution in [0, 0.1) is 18.2 Å². The molecule has 0 fully saturated rings. The highest BCUT2D eigenvalue weighted by molar-refractivity contribution is 6.58. The van der Waals surface area contributed by atoms with Crippen LogP contribution in [0.1, 0.15) is 67.4 Å². The van der Waals surface area contributed by atoms with Crippen LogP contribution in [0.5, 0.6) is 5.75 Å². The Morgan fingerprint density at radius 1 is 1.16 bits per heavy atom. The summed E-state index contributed by atoms with van der Waals surface area (Å²) in [5.74, 6) is -0.113. The fourth-order valence-electron chi connectivity index (χ4n) is 5.62. The van der Waals surface area contributed by atoms with Crippen LogP contribution in [0.15, 0.2) is 65.5 Å². The van der Waals surface area contributed by atoms with Crippen molar-refractivity contribution in [3.05, 3.63) is 111 Å². The number of aromatic nitrogens is 2. The number of benzene rings is 3. The lowest BCUT2D eigenvalue weighted by Crippen LogP contribution is -2.33. The fourth-order valence-corrected chi connectivity index (χ4v) is 5.62. The van der Waals surface area contributed by atoms with Crippen molar-refractivity contribution in [3.8, 4) is 22.6 Å². The van der Waals surface area contributed by atoms with Crippen molar-refractivity contribution in [2.45, 2.75) is 65.4 Å². The number of nitrogens with one attached hydrogen (secondary N) is 2. The van der Waals surface area contributed by atoms with Gasteiger partial charge in [-0.25, -0.2) is 9.37 Å². The van der Waals surface area contributed by atoms with Gasteiger partial charge >= 0.3 is 0 Å². The lowest BCUT2D eigenvalue weighted by atomic mass is 9.94. The molecule has 2 heterocycles. The van der Waals surface area contributed by atoms with E-state index in [9.17, 15) is 9.59 Å². The maximum atomic E-state index is 15.7. The molecule has 0 spiro atoms. The molecule has 3 aromatic carbocycles. The van der Waals surface area contributed by atoms with E-state index in [0.717, 1.165) is 30.6 Å². The first kappa shape index (κ1) is 29.9. The Bertz CT molecular complexity index is 1800. The lowest BCUT2D eigenvalue weighted by Gasteiger charge is -2.32. The number of nitrogens with zero attached hydrogens (tertiary/aromatic N) is 2. The molecule has 0 saturated carbocycles. The number of aryl methyl sites for hydroxylation is 3. The van der Waals surface area contributed by atoms with Gasteiger partial charge in [-0.3, -0.25) is 19.6 Å². The smallest absolute Gasteiger partial charge is 0.261 e. The summed E-state index contributed by atoms with van der Waals surface area (Å²) in [5, 5.41) is 10.5. The zero-order chi connectivity index (χ0) is 30.9. The molecular weight excluding hydrogens is 542 g/mol. The molecule has 1 amide bonds. The normalized spacial score (nSPS) is 13.6. The minimum absolute atomic E-state index is 0.0799. The largest absolute Gasteiger partial charge is 0.488 e. The van der Waals surface area contributed by atoms with E-state index < -0.39 is 11.6 Å². The Morgan fingerprint density at radius 3 is 2.65 bits per heavy atom. The first-order valence-electron chi connectivity index (χ1n) is 14.4. The van der Waals surface area contributed by atoms with E-state index in [1.54, 1.807) is 41.0 Å². The number of ether oxygens (including phenoxy) is 1. The van der Waals surface area contributed by atoms with Crippen LogP contribution in [-0.4, -0.2) is 34.6 Å². The molecule has 2 radical (unpaired) electrons. The molecule has 1 aromatic heterocycles. The average molecular weight is 576 g/mol. The first-order valence-corrected chi connectivity index (χ1v) is 14.4. The molecule has 1 aliphatic heterocycles. The van der Waals surface area contributed by atoms with Crippen LogP contribution >= 0.6 is 0 Å². The van der Waals surface area contributed by atoms with Crippen molar-refractivity contribution in [1.82, 2.24) is 14.9 Å². The minimum Gasteiger partial charge on any atom is -0.488 e. The van der Waals surface area contributed by atoms with Crippen LogP contribution in [0.3, 0.4) is 0 Å². The maximum absolute atomic E-state index is 15.7. The molecule has 7 nitrogen and oxygen atoms in total. The average Bonchev–Trinajstić information content (AvgIpc) is 2.95. The summed E-state index contributed by atoms with van der Waals surface area (Å²) < 4.78 is 23.4. The highest BCUT2D eigenvalue weighted by Crippen LogP contribution is 2.34. The standard InChI is InChI=1S/C34H34BFN4O3/c1-5-8-29-27(32(41)40(20(2)38-29)24-13-14-30-23(17-24)15-16-34(3,4)43-30)18-22-12-11-21(19-28(22)36)25-9-6-7-10-26(25)31(37)39-33(35)42/h6-7,9-14,17,19H,5,8,15-16,18H2,1-4H3,(H2,37,39,42). The summed E-state index contributed by atoms with van der Waals surface area (Å²) in [4.78, 5) is 30.2. The summed E-state index contributed by atoms with van der Waals surface area (Å²) in [6, 6.07) is 17.5. The van der Waals surface area contributed by atoms with Crippen molar-refractivity contribution in [1.29, 1.82) is 5.41 Å². The molecule has 0 unspecified atom stereocenters. The zero-order valence-electron chi connectivity index (χ0n) is 24.9. The van der Waals surface area contributed by atoms with Gasteiger partial charge in [-0.05, 0) is 86.6 Å². The van der Waals surface area contributed by atoms with Gasteiger partial charge in [0.05, 0.1) is 11.4 Å². The second-order valence-electron chi connectivity index (χ2n) is 11.5. The number of halogens is 1. The van der Waals surface area contributed by atoms with Gasteiger partial charge in [-0.15, -0.1) is 0 Å². The third kappa shape index (κ3) is 6.31. The second-order valence-corrected chi connectivity index (χ2v) is 11.5. The Hall–Kier alpha value is -4.53. The number of amidine groups is 1. The molecule has 0 saturated heterocycles. The lowest BCUT2D eigenvalue weighted by molar-refractivity contribution is 0.0847. The summed E-state index contributed by atoms with van der Waals surface area (Å²) in [5.41, 5.74) is 4.30. The van der Waals surface area contributed by atoms with Crippen molar-refractivity contribution in [2.24, 2.45) is 0 Å². The molecule has 1 aliphatic rings. The van der Waals surface area contributed by atoms with E-state index in [4.69, 9.17) is 23.0 Å². The number of fused-ring (bicyclic) bond motifs is 1. The molecule has 0 aliphatic carbocycles. The number of rotatable bonds is 7. The predicted molar refractivity (Wildman–Crippen MR) is 167 cm³/mol. The molecule has 4 aromatic rings. The predicted octanol–water partition coefficient (Wildman–Crippen LogP) is 6.20. The number of amides is 1. The third-order valence-corrected chi connectivity index (χ3v) is 7.78. The zero-order valence-corrected chi connectivity index (χ0v) is 24.9. The van der Waals surface area contributed by atoms with E-state index in [-0.39, 0.29) is 23.4 Å². The van der Waals surface area contributed by atoms with Gasteiger partial charge in [0, 0.05) is 17.5 Å². The van der Waals surface area contributed by atoms with Gasteiger partial charge in [-0.1, -0.05) is 49.7 Å². The number of hydrogen-bond donors (Lipinski definition) is 2. The quantitative estimate of drug-likeness (QED) is 0.156. The van der Waals surface area contributed by atoms with E-state index in [0.29, 0.717) is 51.4 Å². The third-order valence-electron chi connectivity index (χ3n) is 7.78. The van der Waals surface area contributed by atoms with Crippen molar-refractivity contribution >= 4 is 19.5 Å². The molecule has 43 heavy (non-hydrogen) atoms. The monoisotopic (exact) mass is 576 g/mol. The fraction of sp³-hybridized carbons (Fsp3) is 0.294. The molecule has 218 valence electrons. The van der Waals surface area contributed by atoms with Crippen LogP contribution in [-0.2, 0) is 19.3 Å². The van der Waals surface area contributed by atoms with Gasteiger partial charge in [0.15, 0.2) is 5.81 Å². The van der Waals surface area contributed by atoms with Crippen LogP contribution < -0.4 is 15.6 Å². The van der Waals surface area contributed by atoms with Crippen molar-refractivity contribution < 1.29 is 13.9 Å². The van der Waals surface area contributed by atoms with E-state index in [1.165, 1.54) is 6.07 Å². The number of carbonyl (C=O) groups excluding carboxylic acids is 1. The maximum Gasteiger partial charge on any atom is 0.261 e. The van der Waals surface area contributed by atoms with Crippen LogP contribution in [0.2, 0.25) is 0 Å². The van der Waals surface area contributed by atoms with Crippen LogP contribution in [0.4, 0.5) is 9.18 Å². The summed E-state index contributed by atoms with van der Waals surface area (Å²) in [6.07, 6.45) is 3.19. The van der Waals surface area contributed by atoms with E-state index >= 15 is 4.39 Å². The highest BCUT2D eigenvalue weighted by atomic mass is 19.1. The van der Waals surface area contributed by atoms with Gasteiger partial charge in [0.1, 0.15) is 28.8 Å². The summed E-state index contributed by atoms with van der Waals surface area (Å²) >= 11 is 0.